The Bertz CT molecular complexity index is 1100. The molecule has 0 aliphatic heterocycles. The fraction of sp³-hybridized carbons (Fsp3) is 0.125. The summed E-state index contributed by atoms with van der Waals surface area (Å²) in [6.07, 6.45) is -0.177. The van der Waals surface area contributed by atoms with E-state index in [1.807, 2.05) is 12.1 Å². The Kier molecular flexibility index (Phi) is 7.07. The van der Waals surface area contributed by atoms with Gasteiger partial charge in [-0.15, -0.1) is 0 Å². The molecule has 2 N–H and O–H groups in total. The van der Waals surface area contributed by atoms with Crippen LogP contribution in [0.3, 0.4) is 0 Å². The molecule has 0 spiro atoms. The molecular formula is C24H19F2N3O2. The molecule has 3 rings (SSSR count). The summed E-state index contributed by atoms with van der Waals surface area (Å²) in [7, 11) is 0. The molecule has 0 bridgehead atoms. The first kappa shape index (κ1) is 21.7. The Morgan fingerprint density at radius 3 is 2.16 bits per heavy atom. The van der Waals surface area contributed by atoms with Gasteiger partial charge in [0, 0.05) is 17.2 Å². The van der Waals surface area contributed by atoms with Crippen LogP contribution >= 0.6 is 0 Å². The number of hydrogen-bond acceptors (Lipinski definition) is 3. The fourth-order valence-corrected chi connectivity index (χ4v) is 3.09. The van der Waals surface area contributed by atoms with Crippen LogP contribution in [0.4, 0.5) is 8.78 Å². The van der Waals surface area contributed by atoms with E-state index in [0.717, 1.165) is 12.1 Å². The van der Waals surface area contributed by atoms with Crippen LogP contribution in [-0.2, 0) is 4.79 Å². The van der Waals surface area contributed by atoms with Gasteiger partial charge in [0.25, 0.3) is 5.91 Å². The van der Waals surface area contributed by atoms with Crippen LogP contribution in [0.1, 0.15) is 40.0 Å². The van der Waals surface area contributed by atoms with Crippen molar-refractivity contribution in [2.24, 2.45) is 0 Å². The number of halogens is 2. The van der Waals surface area contributed by atoms with Gasteiger partial charge in [0.05, 0.1) is 18.5 Å². The predicted octanol–water partition coefficient (Wildman–Crippen LogP) is 4.21. The number of carbonyl (C=O) groups excluding carboxylic acids is 2. The van der Waals surface area contributed by atoms with Crippen LogP contribution in [-0.4, -0.2) is 11.8 Å². The average Bonchev–Trinajstić information content (AvgIpc) is 2.78. The number of nitriles is 1. The number of carbonyl (C=O) groups is 2. The van der Waals surface area contributed by atoms with Gasteiger partial charge in [0.15, 0.2) is 0 Å². The molecule has 5 nitrogen and oxygen atoms in total. The minimum absolute atomic E-state index is 0.137. The summed E-state index contributed by atoms with van der Waals surface area (Å²) >= 11 is 0. The fourth-order valence-electron chi connectivity index (χ4n) is 3.09. The van der Waals surface area contributed by atoms with Crippen molar-refractivity contribution < 1.29 is 18.4 Å². The van der Waals surface area contributed by atoms with Crippen LogP contribution in [0.15, 0.2) is 78.9 Å². The van der Waals surface area contributed by atoms with E-state index in [-0.39, 0.29) is 17.9 Å². The summed E-state index contributed by atoms with van der Waals surface area (Å²) in [4.78, 5) is 25.3. The van der Waals surface area contributed by atoms with E-state index in [4.69, 9.17) is 0 Å². The highest BCUT2D eigenvalue weighted by Gasteiger charge is 2.23. The van der Waals surface area contributed by atoms with Crippen molar-refractivity contribution in [3.05, 3.63) is 107 Å². The highest BCUT2D eigenvalue weighted by molar-refractivity contribution is 5.94. The standard InChI is InChI=1S/C24H19F2N3O2/c25-18-11-12-19(20(26)13-18)22(15-27)28-23(30)14-21(16-7-3-1-4-8-16)29-24(31)17-9-5-2-6-10-17/h1-13,21-22H,14H2,(H,28,30)(H,29,31). The van der Waals surface area contributed by atoms with Crippen molar-refractivity contribution in [3.63, 3.8) is 0 Å². The zero-order valence-electron chi connectivity index (χ0n) is 16.4. The third-order valence-electron chi connectivity index (χ3n) is 4.64. The van der Waals surface area contributed by atoms with Gasteiger partial charge in [-0.05, 0) is 23.8 Å². The zero-order chi connectivity index (χ0) is 22.2. The maximum Gasteiger partial charge on any atom is 0.251 e. The lowest BCUT2D eigenvalue weighted by atomic mass is 10.0. The number of rotatable bonds is 7. The van der Waals surface area contributed by atoms with Crippen molar-refractivity contribution >= 4 is 11.8 Å². The highest BCUT2D eigenvalue weighted by Crippen LogP contribution is 2.21. The van der Waals surface area contributed by atoms with Crippen LogP contribution in [0, 0.1) is 23.0 Å². The van der Waals surface area contributed by atoms with Gasteiger partial charge >= 0.3 is 0 Å². The van der Waals surface area contributed by atoms with Gasteiger partial charge in [-0.1, -0.05) is 54.6 Å². The van der Waals surface area contributed by atoms with Crippen LogP contribution in [0.25, 0.3) is 0 Å². The maximum absolute atomic E-state index is 14.0. The van der Waals surface area contributed by atoms with Crippen molar-refractivity contribution in [3.8, 4) is 6.07 Å². The second-order valence-electron chi connectivity index (χ2n) is 6.80. The molecule has 0 radical (unpaired) electrons. The Morgan fingerprint density at radius 2 is 1.55 bits per heavy atom. The number of nitrogens with one attached hydrogen (secondary N) is 2. The number of benzene rings is 3. The first-order valence-electron chi connectivity index (χ1n) is 9.52. The van der Waals surface area contributed by atoms with Gasteiger partial charge in [-0.25, -0.2) is 8.78 Å². The first-order chi connectivity index (χ1) is 15.0. The van der Waals surface area contributed by atoms with E-state index in [9.17, 15) is 23.6 Å². The molecule has 3 aromatic carbocycles. The summed E-state index contributed by atoms with van der Waals surface area (Å²) in [5, 5.41) is 14.6. The Balaban J connectivity index is 1.76. The lowest BCUT2D eigenvalue weighted by Gasteiger charge is -2.20. The number of nitrogens with zero attached hydrogens (tertiary/aromatic N) is 1. The molecule has 0 aromatic heterocycles. The third kappa shape index (κ3) is 5.73. The van der Waals surface area contributed by atoms with Crippen LogP contribution < -0.4 is 10.6 Å². The van der Waals surface area contributed by atoms with E-state index in [0.29, 0.717) is 17.2 Å². The van der Waals surface area contributed by atoms with Crippen molar-refractivity contribution in [2.75, 3.05) is 0 Å². The minimum Gasteiger partial charge on any atom is -0.345 e. The summed E-state index contributed by atoms with van der Waals surface area (Å²) < 4.78 is 27.2. The molecular weight excluding hydrogens is 400 g/mol. The summed E-state index contributed by atoms with van der Waals surface area (Å²) in [5.41, 5.74) is 0.998. The largest absolute Gasteiger partial charge is 0.345 e. The number of amides is 2. The zero-order valence-corrected chi connectivity index (χ0v) is 16.4. The molecule has 7 heteroatoms. The SMILES string of the molecule is N#CC(NC(=O)CC(NC(=O)c1ccccc1)c1ccccc1)c1ccc(F)cc1F. The second kappa shape index (κ2) is 10.1. The molecule has 2 unspecified atom stereocenters. The van der Waals surface area contributed by atoms with Gasteiger partial charge in [-0.2, -0.15) is 5.26 Å². The van der Waals surface area contributed by atoms with Crippen molar-refractivity contribution in [2.45, 2.75) is 18.5 Å². The quantitative estimate of drug-likeness (QED) is 0.602. The topological polar surface area (TPSA) is 82.0 Å². The van der Waals surface area contributed by atoms with E-state index in [2.05, 4.69) is 10.6 Å². The van der Waals surface area contributed by atoms with Crippen LogP contribution in [0.2, 0.25) is 0 Å². The molecule has 0 heterocycles. The van der Waals surface area contributed by atoms with Crippen LogP contribution in [0.5, 0.6) is 0 Å². The molecule has 156 valence electrons. The monoisotopic (exact) mass is 419 g/mol. The van der Waals surface area contributed by atoms with Crippen molar-refractivity contribution in [1.29, 1.82) is 5.26 Å². The van der Waals surface area contributed by atoms with Gasteiger partial charge in [-0.3, -0.25) is 9.59 Å². The predicted molar refractivity (Wildman–Crippen MR) is 111 cm³/mol. The van der Waals surface area contributed by atoms with Gasteiger partial charge in [0.2, 0.25) is 5.91 Å². The van der Waals surface area contributed by atoms with E-state index < -0.39 is 29.6 Å². The smallest absolute Gasteiger partial charge is 0.251 e. The first-order valence-corrected chi connectivity index (χ1v) is 9.52. The minimum atomic E-state index is -1.30. The third-order valence-corrected chi connectivity index (χ3v) is 4.64. The lowest BCUT2D eigenvalue weighted by molar-refractivity contribution is -0.122. The maximum atomic E-state index is 14.0. The second-order valence-corrected chi connectivity index (χ2v) is 6.80. The molecule has 0 fully saturated rings. The lowest BCUT2D eigenvalue weighted by Crippen LogP contribution is -2.35. The normalized spacial score (nSPS) is 12.3. The highest BCUT2D eigenvalue weighted by atomic mass is 19.1. The average molecular weight is 419 g/mol. The van der Waals surface area contributed by atoms with Gasteiger partial charge < -0.3 is 10.6 Å². The molecule has 31 heavy (non-hydrogen) atoms. The van der Waals surface area contributed by atoms with E-state index in [1.165, 1.54) is 0 Å². The summed E-state index contributed by atoms with van der Waals surface area (Å²) in [6, 6.07) is 20.1. The van der Waals surface area contributed by atoms with E-state index in [1.54, 1.807) is 54.6 Å². The summed E-state index contributed by atoms with van der Waals surface area (Å²) in [6.45, 7) is 0. The molecule has 0 aliphatic rings. The molecule has 2 atom stereocenters. The molecule has 2 amide bonds. The Hall–Kier alpha value is -4.05. The molecule has 0 saturated carbocycles. The Morgan fingerprint density at radius 1 is 0.903 bits per heavy atom. The molecule has 0 aliphatic carbocycles. The van der Waals surface area contributed by atoms with Gasteiger partial charge in [0.1, 0.15) is 17.7 Å². The van der Waals surface area contributed by atoms with E-state index >= 15 is 0 Å². The summed E-state index contributed by atoms with van der Waals surface area (Å²) in [5.74, 6) is -2.64. The Labute approximate surface area is 178 Å². The molecule has 3 aromatic rings. The number of hydrogen-bond donors (Lipinski definition) is 2. The van der Waals surface area contributed by atoms with Crippen molar-refractivity contribution in [1.82, 2.24) is 10.6 Å². The molecule has 0 saturated heterocycles.